The van der Waals surface area contributed by atoms with Crippen LogP contribution >= 0.6 is 11.3 Å². The minimum atomic E-state index is -0.0771. The van der Waals surface area contributed by atoms with Crippen molar-refractivity contribution in [2.24, 2.45) is 0 Å². The molecule has 0 saturated heterocycles. The molecule has 0 atom stereocenters. The van der Waals surface area contributed by atoms with Crippen LogP contribution in [0.3, 0.4) is 0 Å². The Hall–Kier alpha value is -2.46. The molecule has 0 aliphatic carbocycles. The molecule has 0 radical (unpaired) electrons. The Morgan fingerprint density at radius 3 is 2.20 bits per heavy atom. The molecule has 1 aromatic heterocycles. The van der Waals surface area contributed by atoms with Crippen LogP contribution in [-0.2, 0) is 0 Å². The van der Waals surface area contributed by atoms with Crippen molar-refractivity contribution in [2.45, 2.75) is 0 Å². The number of thiazole rings is 1. The molecule has 0 bridgehead atoms. The molecule has 3 rings (SSSR count). The SMILES string of the molecule is O=C(c1ccccc1)N(c1ccccc1)c1nccs1. The number of carbonyl (C=O) groups excluding carboxylic acids is 1. The lowest BCUT2D eigenvalue weighted by molar-refractivity contribution is 0.0999. The summed E-state index contributed by atoms with van der Waals surface area (Å²) in [6.07, 6.45) is 1.70. The molecule has 0 spiro atoms. The van der Waals surface area contributed by atoms with Crippen LogP contribution in [0.25, 0.3) is 0 Å². The maximum absolute atomic E-state index is 12.7. The van der Waals surface area contributed by atoms with Crippen molar-refractivity contribution in [1.82, 2.24) is 4.98 Å². The number of para-hydroxylation sites is 1. The van der Waals surface area contributed by atoms with Gasteiger partial charge in [0.25, 0.3) is 5.91 Å². The molecule has 0 aliphatic rings. The Morgan fingerprint density at radius 1 is 0.950 bits per heavy atom. The highest BCUT2D eigenvalue weighted by Crippen LogP contribution is 2.28. The van der Waals surface area contributed by atoms with E-state index in [2.05, 4.69) is 4.98 Å². The standard InChI is InChI=1S/C16H12N2OS/c19-15(13-7-3-1-4-8-13)18(16-17-11-12-20-16)14-9-5-2-6-10-14/h1-12H. The van der Waals surface area contributed by atoms with Gasteiger partial charge in [-0.15, -0.1) is 11.3 Å². The quantitative estimate of drug-likeness (QED) is 0.723. The number of rotatable bonds is 3. The number of anilines is 2. The van der Waals surface area contributed by atoms with Gasteiger partial charge < -0.3 is 0 Å². The number of amides is 1. The van der Waals surface area contributed by atoms with Gasteiger partial charge >= 0.3 is 0 Å². The fraction of sp³-hybridized carbons (Fsp3) is 0. The Bertz CT molecular complexity index is 681. The second-order valence-corrected chi connectivity index (χ2v) is 5.03. The molecule has 0 aliphatic heterocycles. The zero-order chi connectivity index (χ0) is 13.8. The van der Waals surface area contributed by atoms with Gasteiger partial charge in [0.1, 0.15) is 0 Å². The second-order valence-electron chi connectivity index (χ2n) is 4.16. The zero-order valence-corrected chi connectivity index (χ0v) is 11.5. The van der Waals surface area contributed by atoms with Crippen LogP contribution in [0.1, 0.15) is 10.4 Å². The number of aromatic nitrogens is 1. The monoisotopic (exact) mass is 280 g/mol. The topological polar surface area (TPSA) is 33.2 Å². The number of hydrogen-bond acceptors (Lipinski definition) is 3. The predicted octanol–water partition coefficient (Wildman–Crippen LogP) is 4.12. The maximum atomic E-state index is 12.7. The van der Waals surface area contributed by atoms with E-state index in [0.717, 1.165) is 5.69 Å². The number of nitrogens with zero attached hydrogens (tertiary/aromatic N) is 2. The summed E-state index contributed by atoms with van der Waals surface area (Å²) in [5.41, 5.74) is 1.46. The highest BCUT2D eigenvalue weighted by molar-refractivity contribution is 7.13. The summed E-state index contributed by atoms with van der Waals surface area (Å²) in [4.78, 5) is 18.6. The van der Waals surface area contributed by atoms with Crippen molar-refractivity contribution < 1.29 is 4.79 Å². The molecule has 3 nitrogen and oxygen atoms in total. The van der Waals surface area contributed by atoms with Crippen molar-refractivity contribution in [3.63, 3.8) is 0 Å². The minimum absolute atomic E-state index is 0.0771. The predicted molar refractivity (Wildman–Crippen MR) is 81.5 cm³/mol. The summed E-state index contributed by atoms with van der Waals surface area (Å²) >= 11 is 1.44. The lowest BCUT2D eigenvalue weighted by atomic mass is 10.2. The van der Waals surface area contributed by atoms with Crippen molar-refractivity contribution in [3.05, 3.63) is 77.8 Å². The van der Waals surface area contributed by atoms with Gasteiger partial charge in [-0.3, -0.25) is 9.69 Å². The summed E-state index contributed by atoms with van der Waals surface area (Å²) in [5.74, 6) is -0.0771. The van der Waals surface area contributed by atoms with Gasteiger partial charge in [-0.2, -0.15) is 0 Å². The van der Waals surface area contributed by atoms with Gasteiger partial charge in [-0.25, -0.2) is 4.98 Å². The number of hydrogen-bond donors (Lipinski definition) is 0. The Morgan fingerprint density at radius 2 is 1.60 bits per heavy atom. The first kappa shape index (κ1) is 12.6. The van der Waals surface area contributed by atoms with E-state index in [-0.39, 0.29) is 5.91 Å². The van der Waals surface area contributed by atoms with Crippen LogP contribution < -0.4 is 4.90 Å². The molecule has 3 aromatic rings. The fourth-order valence-corrected chi connectivity index (χ4v) is 2.59. The fourth-order valence-electron chi connectivity index (χ4n) is 1.93. The summed E-state index contributed by atoms with van der Waals surface area (Å²) < 4.78 is 0. The van der Waals surface area contributed by atoms with Crippen molar-refractivity contribution in [2.75, 3.05) is 4.90 Å². The van der Waals surface area contributed by atoms with Crippen molar-refractivity contribution in [1.29, 1.82) is 0 Å². The van der Waals surface area contributed by atoms with E-state index in [0.29, 0.717) is 10.7 Å². The molecule has 0 saturated carbocycles. The summed E-state index contributed by atoms with van der Waals surface area (Å²) in [6.45, 7) is 0. The summed E-state index contributed by atoms with van der Waals surface area (Å²) in [6, 6.07) is 18.8. The molecule has 1 amide bonds. The van der Waals surface area contributed by atoms with E-state index in [1.807, 2.05) is 66.0 Å². The summed E-state index contributed by atoms with van der Waals surface area (Å²) in [7, 11) is 0. The first-order chi connectivity index (χ1) is 9.86. The lowest BCUT2D eigenvalue weighted by Gasteiger charge is -2.19. The van der Waals surface area contributed by atoms with E-state index < -0.39 is 0 Å². The third-order valence-electron chi connectivity index (χ3n) is 2.85. The van der Waals surface area contributed by atoms with Gasteiger partial charge in [-0.05, 0) is 24.3 Å². The Labute approximate surface area is 121 Å². The van der Waals surface area contributed by atoms with Crippen LogP contribution in [0.5, 0.6) is 0 Å². The number of benzene rings is 2. The average Bonchev–Trinajstić information content (AvgIpc) is 3.03. The first-order valence-corrected chi connectivity index (χ1v) is 7.08. The van der Waals surface area contributed by atoms with E-state index in [1.165, 1.54) is 11.3 Å². The van der Waals surface area contributed by atoms with Gasteiger partial charge in [0.05, 0.1) is 5.69 Å². The van der Waals surface area contributed by atoms with Gasteiger partial charge in [0.15, 0.2) is 5.13 Å². The molecule has 0 N–H and O–H groups in total. The van der Waals surface area contributed by atoms with E-state index in [9.17, 15) is 4.79 Å². The van der Waals surface area contributed by atoms with Gasteiger partial charge in [0.2, 0.25) is 0 Å². The van der Waals surface area contributed by atoms with Crippen molar-refractivity contribution >= 4 is 28.1 Å². The van der Waals surface area contributed by atoms with Crippen LogP contribution in [0, 0.1) is 0 Å². The molecule has 98 valence electrons. The van der Waals surface area contributed by atoms with Crippen molar-refractivity contribution in [3.8, 4) is 0 Å². The second kappa shape index (κ2) is 5.67. The molecule has 0 fully saturated rings. The third kappa shape index (κ3) is 2.46. The highest BCUT2D eigenvalue weighted by Gasteiger charge is 2.21. The van der Waals surface area contributed by atoms with E-state index >= 15 is 0 Å². The van der Waals surface area contributed by atoms with Crippen LogP contribution in [-0.4, -0.2) is 10.9 Å². The smallest absolute Gasteiger partial charge is 0.264 e. The van der Waals surface area contributed by atoms with E-state index in [4.69, 9.17) is 0 Å². The largest absolute Gasteiger partial charge is 0.268 e. The highest BCUT2D eigenvalue weighted by atomic mass is 32.1. The lowest BCUT2D eigenvalue weighted by Crippen LogP contribution is -2.25. The summed E-state index contributed by atoms with van der Waals surface area (Å²) in [5, 5.41) is 2.54. The van der Waals surface area contributed by atoms with E-state index in [1.54, 1.807) is 11.1 Å². The molecule has 20 heavy (non-hydrogen) atoms. The van der Waals surface area contributed by atoms with Crippen LogP contribution in [0.4, 0.5) is 10.8 Å². The molecule has 1 heterocycles. The van der Waals surface area contributed by atoms with Gasteiger partial charge in [0, 0.05) is 17.1 Å². The third-order valence-corrected chi connectivity index (χ3v) is 3.61. The van der Waals surface area contributed by atoms with Crippen LogP contribution in [0.2, 0.25) is 0 Å². The molecule has 4 heteroatoms. The zero-order valence-electron chi connectivity index (χ0n) is 10.6. The molecular formula is C16H12N2OS. The maximum Gasteiger partial charge on any atom is 0.264 e. The minimum Gasteiger partial charge on any atom is -0.268 e. The molecule has 2 aromatic carbocycles. The van der Waals surface area contributed by atoms with Gasteiger partial charge in [-0.1, -0.05) is 36.4 Å². The Kier molecular flexibility index (Phi) is 3.56. The first-order valence-electron chi connectivity index (χ1n) is 6.20. The molecule has 0 unspecified atom stereocenters. The molecular weight excluding hydrogens is 268 g/mol. The average molecular weight is 280 g/mol. The normalized spacial score (nSPS) is 10.2. The Balaban J connectivity index is 2.05. The van der Waals surface area contributed by atoms with Crippen LogP contribution in [0.15, 0.2) is 72.2 Å². The number of carbonyl (C=O) groups is 1.